The second-order valence-electron chi connectivity index (χ2n) is 7.02. The smallest absolute Gasteiger partial charge is 0.423 e. The Balaban J connectivity index is 1.94. The third-order valence-corrected chi connectivity index (χ3v) is 5.75. The van der Waals surface area contributed by atoms with E-state index in [1.54, 1.807) is 24.3 Å². The second kappa shape index (κ2) is 6.18. The molecule has 2 aromatic rings. The number of anilines is 1. The lowest BCUT2D eigenvalue weighted by molar-refractivity contribution is -0.121. The second-order valence-corrected chi connectivity index (χ2v) is 7.02. The predicted molar refractivity (Wildman–Crippen MR) is 94.0 cm³/mol. The SMILES string of the molecule is O=C1Nc2c(ccc(F)c2F)[C@@]1(c1ccc(B(O)O)cc1)C1CCCC1. The number of carbonyl (C=O) groups is 1. The van der Waals surface area contributed by atoms with E-state index in [0.29, 0.717) is 16.6 Å². The van der Waals surface area contributed by atoms with Crippen LogP contribution in [0.15, 0.2) is 36.4 Å². The lowest BCUT2D eigenvalue weighted by Crippen LogP contribution is -2.42. The molecule has 3 N–H and O–H groups in total. The minimum atomic E-state index is -1.61. The van der Waals surface area contributed by atoms with Crippen LogP contribution in [0, 0.1) is 17.6 Å². The van der Waals surface area contributed by atoms with Gasteiger partial charge in [0.15, 0.2) is 11.6 Å². The van der Waals surface area contributed by atoms with Crippen LogP contribution in [0.4, 0.5) is 14.5 Å². The minimum Gasteiger partial charge on any atom is -0.423 e. The average molecular weight is 357 g/mol. The summed E-state index contributed by atoms with van der Waals surface area (Å²) in [6, 6.07) is 8.97. The molecule has 1 fully saturated rings. The number of hydrogen-bond donors (Lipinski definition) is 3. The van der Waals surface area contributed by atoms with E-state index in [9.17, 15) is 23.6 Å². The van der Waals surface area contributed by atoms with Crippen LogP contribution in [-0.2, 0) is 10.2 Å². The van der Waals surface area contributed by atoms with Crippen LogP contribution in [0.25, 0.3) is 0 Å². The molecular weight excluding hydrogens is 339 g/mol. The molecular formula is C19H18BF2NO3. The Morgan fingerprint density at radius 2 is 1.69 bits per heavy atom. The fraction of sp³-hybridized carbons (Fsp3) is 0.316. The van der Waals surface area contributed by atoms with Gasteiger partial charge in [-0.15, -0.1) is 0 Å². The summed E-state index contributed by atoms with van der Waals surface area (Å²) in [5.74, 6) is -2.43. The lowest BCUT2D eigenvalue weighted by Gasteiger charge is -2.34. The molecule has 1 amide bonds. The van der Waals surface area contributed by atoms with E-state index < -0.39 is 24.2 Å². The highest BCUT2D eigenvalue weighted by atomic mass is 19.2. The van der Waals surface area contributed by atoms with Crippen molar-refractivity contribution in [2.45, 2.75) is 31.1 Å². The van der Waals surface area contributed by atoms with Gasteiger partial charge in [-0.2, -0.15) is 0 Å². The van der Waals surface area contributed by atoms with Gasteiger partial charge in [-0.25, -0.2) is 8.78 Å². The zero-order chi connectivity index (χ0) is 18.5. The van der Waals surface area contributed by atoms with Gasteiger partial charge in [0.1, 0.15) is 5.41 Å². The van der Waals surface area contributed by atoms with Gasteiger partial charge < -0.3 is 15.4 Å². The molecule has 2 aromatic carbocycles. The number of benzene rings is 2. The Labute approximate surface area is 150 Å². The number of rotatable bonds is 3. The first-order chi connectivity index (χ1) is 12.5. The summed E-state index contributed by atoms with van der Waals surface area (Å²) in [7, 11) is -1.61. The molecule has 2 aliphatic rings. The van der Waals surface area contributed by atoms with Crippen molar-refractivity contribution >= 4 is 24.2 Å². The first kappa shape index (κ1) is 17.2. The summed E-state index contributed by atoms with van der Waals surface area (Å²) in [5.41, 5.74) is 0.216. The largest absolute Gasteiger partial charge is 0.488 e. The van der Waals surface area contributed by atoms with Gasteiger partial charge in [-0.05, 0) is 41.4 Å². The zero-order valence-electron chi connectivity index (χ0n) is 14.0. The average Bonchev–Trinajstić information content (AvgIpc) is 3.25. The molecule has 4 nitrogen and oxygen atoms in total. The molecule has 4 rings (SSSR count). The van der Waals surface area contributed by atoms with Crippen molar-refractivity contribution < 1.29 is 23.6 Å². The number of fused-ring (bicyclic) bond motifs is 1. The summed E-state index contributed by atoms with van der Waals surface area (Å²) >= 11 is 0. The van der Waals surface area contributed by atoms with Crippen LogP contribution in [0.1, 0.15) is 36.8 Å². The van der Waals surface area contributed by atoms with Gasteiger partial charge in [0.2, 0.25) is 5.91 Å². The molecule has 0 aromatic heterocycles. The van der Waals surface area contributed by atoms with Crippen molar-refractivity contribution in [2.24, 2.45) is 5.92 Å². The Bertz CT molecular complexity index is 866. The van der Waals surface area contributed by atoms with Crippen molar-refractivity contribution in [1.82, 2.24) is 0 Å². The Hall–Kier alpha value is -2.25. The van der Waals surface area contributed by atoms with Crippen molar-refractivity contribution in [3.05, 3.63) is 59.2 Å². The highest BCUT2D eigenvalue weighted by Crippen LogP contribution is 2.53. The summed E-state index contributed by atoms with van der Waals surface area (Å²) in [6.45, 7) is 0. The van der Waals surface area contributed by atoms with E-state index in [1.807, 2.05) is 0 Å². The molecule has 134 valence electrons. The number of carbonyl (C=O) groups excluding carboxylic acids is 1. The van der Waals surface area contributed by atoms with Gasteiger partial charge in [0.25, 0.3) is 0 Å². The quantitative estimate of drug-likeness (QED) is 0.737. The lowest BCUT2D eigenvalue weighted by atomic mass is 9.65. The van der Waals surface area contributed by atoms with Gasteiger partial charge in [-0.1, -0.05) is 43.2 Å². The van der Waals surface area contributed by atoms with Crippen LogP contribution in [0.5, 0.6) is 0 Å². The maximum atomic E-state index is 14.3. The van der Waals surface area contributed by atoms with Crippen LogP contribution in [0.2, 0.25) is 0 Å². The summed E-state index contributed by atoms with van der Waals surface area (Å²) in [5, 5.41) is 21.2. The number of nitrogens with one attached hydrogen (secondary N) is 1. The first-order valence-electron chi connectivity index (χ1n) is 8.72. The van der Waals surface area contributed by atoms with Crippen LogP contribution >= 0.6 is 0 Å². The van der Waals surface area contributed by atoms with E-state index in [2.05, 4.69) is 5.32 Å². The fourth-order valence-corrected chi connectivity index (χ4v) is 4.54. The number of halogens is 2. The molecule has 0 saturated heterocycles. The van der Waals surface area contributed by atoms with Crippen molar-refractivity contribution in [3.63, 3.8) is 0 Å². The van der Waals surface area contributed by atoms with Crippen molar-refractivity contribution in [2.75, 3.05) is 5.32 Å². The van der Waals surface area contributed by atoms with Crippen molar-refractivity contribution in [3.8, 4) is 0 Å². The van der Waals surface area contributed by atoms with Gasteiger partial charge >= 0.3 is 7.12 Å². The standard InChI is InChI=1S/C19H18BF2NO3/c21-15-10-9-14-17(16(15)22)23-18(24)19(14,11-3-1-2-4-11)12-5-7-13(8-6-12)20(25)26/h5-11,25-26H,1-4H2,(H,23,24)/t19-/m0/s1. The molecule has 0 bridgehead atoms. The monoisotopic (exact) mass is 357 g/mol. The topological polar surface area (TPSA) is 69.6 Å². The third kappa shape index (κ3) is 2.31. The zero-order valence-corrected chi connectivity index (χ0v) is 14.0. The van der Waals surface area contributed by atoms with Crippen LogP contribution in [0.3, 0.4) is 0 Å². The van der Waals surface area contributed by atoms with E-state index in [-0.39, 0.29) is 17.5 Å². The maximum Gasteiger partial charge on any atom is 0.488 e. The Morgan fingerprint density at radius 1 is 1.04 bits per heavy atom. The molecule has 1 atom stereocenters. The molecule has 0 spiro atoms. The fourth-order valence-electron chi connectivity index (χ4n) is 4.54. The minimum absolute atomic E-state index is 0.0292. The summed E-state index contributed by atoms with van der Waals surface area (Å²) in [4.78, 5) is 13.1. The maximum absolute atomic E-state index is 14.3. The number of hydrogen-bond acceptors (Lipinski definition) is 3. The predicted octanol–water partition coefficient (Wildman–Crippen LogP) is 2.07. The molecule has 7 heteroatoms. The van der Waals surface area contributed by atoms with E-state index in [4.69, 9.17) is 0 Å². The molecule has 1 aliphatic heterocycles. The van der Waals surface area contributed by atoms with Crippen molar-refractivity contribution in [1.29, 1.82) is 0 Å². The van der Waals surface area contributed by atoms with E-state index in [1.165, 1.54) is 6.07 Å². The van der Waals surface area contributed by atoms with Crippen LogP contribution < -0.4 is 10.8 Å². The highest BCUT2D eigenvalue weighted by molar-refractivity contribution is 6.58. The third-order valence-electron chi connectivity index (χ3n) is 5.75. The van der Waals surface area contributed by atoms with E-state index in [0.717, 1.165) is 31.7 Å². The first-order valence-corrected chi connectivity index (χ1v) is 8.72. The molecule has 1 aliphatic carbocycles. The molecule has 0 radical (unpaired) electrons. The normalized spacial score (nSPS) is 22.4. The van der Waals surface area contributed by atoms with Gasteiger partial charge in [0, 0.05) is 0 Å². The number of amides is 1. The Kier molecular flexibility index (Phi) is 4.08. The van der Waals surface area contributed by atoms with Gasteiger partial charge in [0.05, 0.1) is 5.69 Å². The molecule has 26 heavy (non-hydrogen) atoms. The Morgan fingerprint density at radius 3 is 2.31 bits per heavy atom. The summed E-state index contributed by atoms with van der Waals surface area (Å²) in [6.07, 6.45) is 3.59. The highest BCUT2D eigenvalue weighted by Gasteiger charge is 2.54. The molecule has 1 heterocycles. The van der Waals surface area contributed by atoms with E-state index >= 15 is 0 Å². The summed E-state index contributed by atoms with van der Waals surface area (Å²) < 4.78 is 28.0. The molecule has 0 unspecified atom stereocenters. The van der Waals surface area contributed by atoms with Crippen LogP contribution in [-0.4, -0.2) is 23.1 Å². The van der Waals surface area contributed by atoms with Gasteiger partial charge in [-0.3, -0.25) is 4.79 Å². The molecule has 1 saturated carbocycles.